The van der Waals surface area contributed by atoms with Crippen molar-refractivity contribution in [2.45, 2.75) is 31.7 Å². The first-order valence-corrected chi connectivity index (χ1v) is 7.30. The average molecular weight is 297 g/mol. The molecule has 0 saturated heterocycles. The summed E-state index contributed by atoms with van der Waals surface area (Å²) in [6.45, 7) is 4.36. The fraction of sp³-hybridized carbons (Fsp3) is 0.417. The van der Waals surface area contributed by atoms with Gasteiger partial charge >= 0.3 is 0 Å². The predicted octanol–water partition coefficient (Wildman–Crippen LogP) is 1.83. The minimum absolute atomic E-state index is 0.280. The molecule has 108 valence electrons. The summed E-state index contributed by atoms with van der Waals surface area (Å²) < 4.78 is 26.1. The van der Waals surface area contributed by atoms with Crippen molar-refractivity contribution >= 4 is 15.7 Å². The van der Waals surface area contributed by atoms with Crippen LogP contribution in [0.25, 0.3) is 0 Å². The van der Waals surface area contributed by atoms with Gasteiger partial charge in [-0.2, -0.15) is 9.57 Å². The van der Waals surface area contributed by atoms with E-state index in [1.54, 1.807) is 19.9 Å². The van der Waals surface area contributed by atoms with E-state index in [9.17, 15) is 18.5 Å². The van der Waals surface area contributed by atoms with Crippen molar-refractivity contribution in [3.8, 4) is 6.07 Å². The molecule has 8 heteroatoms. The largest absolute Gasteiger partial charge is 0.289 e. The number of nitro benzene ring substituents is 1. The van der Waals surface area contributed by atoms with Crippen molar-refractivity contribution in [2.75, 3.05) is 6.54 Å². The van der Waals surface area contributed by atoms with E-state index in [1.807, 2.05) is 0 Å². The summed E-state index contributed by atoms with van der Waals surface area (Å²) >= 11 is 0. The molecule has 1 rings (SSSR count). The Bertz CT molecular complexity index is 662. The zero-order chi connectivity index (χ0) is 15.5. The van der Waals surface area contributed by atoms with Crippen molar-refractivity contribution < 1.29 is 13.3 Å². The topological polar surface area (TPSA) is 104 Å². The van der Waals surface area contributed by atoms with Crippen LogP contribution >= 0.6 is 0 Å². The van der Waals surface area contributed by atoms with Crippen molar-refractivity contribution in [2.24, 2.45) is 0 Å². The van der Waals surface area contributed by atoms with Crippen LogP contribution in [0.5, 0.6) is 0 Å². The van der Waals surface area contributed by atoms with Crippen LogP contribution < -0.4 is 0 Å². The summed E-state index contributed by atoms with van der Waals surface area (Å²) in [6, 6.07) is 5.36. The first-order chi connectivity index (χ1) is 9.23. The van der Waals surface area contributed by atoms with E-state index in [0.717, 1.165) is 10.4 Å². The number of hydrogen-bond acceptors (Lipinski definition) is 5. The number of benzene rings is 1. The Morgan fingerprint density at radius 1 is 1.45 bits per heavy atom. The molecule has 20 heavy (non-hydrogen) atoms. The third-order valence-corrected chi connectivity index (χ3v) is 4.97. The van der Waals surface area contributed by atoms with Crippen LogP contribution in [0.3, 0.4) is 0 Å². The van der Waals surface area contributed by atoms with Crippen molar-refractivity contribution in [1.29, 1.82) is 5.26 Å². The van der Waals surface area contributed by atoms with Crippen LogP contribution in [-0.2, 0) is 10.0 Å². The lowest BCUT2D eigenvalue weighted by atomic mass is 10.2. The maximum absolute atomic E-state index is 12.6. The molecule has 0 aliphatic rings. The first kappa shape index (κ1) is 16.1. The van der Waals surface area contributed by atoms with E-state index < -0.39 is 26.7 Å². The summed E-state index contributed by atoms with van der Waals surface area (Å²) in [6.07, 6.45) is 0. The van der Waals surface area contributed by atoms with Gasteiger partial charge in [0, 0.05) is 12.1 Å². The van der Waals surface area contributed by atoms with E-state index >= 15 is 0 Å². The molecule has 0 saturated carbocycles. The number of sulfonamides is 1. The van der Waals surface area contributed by atoms with Crippen LogP contribution in [-0.4, -0.2) is 30.2 Å². The van der Waals surface area contributed by atoms with E-state index in [1.165, 1.54) is 19.1 Å². The molecule has 0 unspecified atom stereocenters. The van der Waals surface area contributed by atoms with Gasteiger partial charge < -0.3 is 0 Å². The second-order valence-electron chi connectivity index (χ2n) is 4.48. The number of aryl methyl sites for hydroxylation is 1. The third kappa shape index (κ3) is 2.95. The van der Waals surface area contributed by atoms with Gasteiger partial charge in [0.15, 0.2) is 4.90 Å². The molecule has 1 aromatic carbocycles. The van der Waals surface area contributed by atoms with E-state index in [2.05, 4.69) is 0 Å². The molecule has 0 amide bonds. The second kappa shape index (κ2) is 5.98. The summed E-state index contributed by atoms with van der Waals surface area (Å²) in [5.74, 6) is 0. The van der Waals surface area contributed by atoms with Gasteiger partial charge in [0.1, 0.15) is 6.54 Å². The monoisotopic (exact) mass is 297 g/mol. The van der Waals surface area contributed by atoms with Crippen LogP contribution in [0, 0.1) is 28.4 Å². The average Bonchev–Trinajstić information content (AvgIpc) is 2.34. The maximum Gasteiger partial charge on any atom is 0.289 e. The van der Waals surface area contributed by atoms with Gasteiger partial charge in [0.25, 0.3) is 15.7 Å². The molecule has 0 N–H and O–H groups in total. The van der Waals surface area contributed by atoms with Gasteiger partial charge in [-0.1, -0.05) is 12.1 Å². The molecule has 1 aromatic rings. The molecule has 0 fully saturated rings. The van der Waals surface area contributed by atoms with Crippen molar-refractivity contribution in [1.82, 2.24) is 4.31 Å². The lowest BCUT2D eigenvalue weighted by molar-refractivity contribution is -0.387. The second-order valence-corrected chi connectivity index (χ2v) is 6.31. The van der Waals surface area contributed by atoms with Gasteiger partial charge in [-0.3, -0.25) is 10.1 Å². The fourth-order valence-electron chi connectivity index (χ4n) is 1.85. The Kier molecular flexibility index (Phi) is 4.81. The molecule has 0 aromatic heterocycles. The van der Waals surface area contributed by atoms with Crippen LogP contribution in [0.4, 0.5) is 5.69 Å². The number of rotatable bonds is 5. The Morgan fingerprint density at radius 2 is 2.05 bits per heavy atom. The number of hydrogen-bond donors (Lipinski definition) is 0. The van der Waals surface area contributed by atoms with Gasteiger partial charge in [-0.05, 0) is 26.3 Å². The molecule has 0 spiro atoms. The maximum atomic E-state index is 12.6. The molecule has 0 heterocycles. The zero-order valence-electron chi connectivity index (χ0n) is 11.4. The zero-order valence-corrected chi connectivity index (χ0v) is 12.2. The highest BCUT2D eigenvalue weighted by atomic mass is 32.2. The SMILES string of the molecule is Cc1cccc([N+](=O)[O-])c1S(=O)(=O)N(CC#N)C(C)C. The van der Waals surface area contributed by atoms with E-state index in [4.69, 9.17) is 5.26 Å². The minimum Gasteiger partial charge on any atom is -0.258 e. The number of nitriles is 1. The first-order valence-electron chi connectivity index (χ1n) is 5.86. The van der Waals surface area contributed by atoms with E-state index in [0.29, 0.717) is 0 Å². The number of nitro groups is 1. The van der Waals surface area contributed by atoms with Gasteiger partial charge in [0.05, 0.1) is 11.0 Å². The fourth-order valence-corrected chi connectivity index (χ4v) is 3.75. The van der Waals surface area contributed by atoms with Crippen LogP contribution in [0.15, 0.2) is 23.1 Å². The molecular formula is C12H15N3O4S. The van der Waals surface area contributed by atoms with Crippen LogP contribution in [0.2, 0.25) is 0 Å². The highest BCUT2D eigenvalue weighted by Crippen LogP contribution is 2.30. The van der Waals surface area contributed by atoms with Crippen molar-refractivity contribution in [3.63, 3.8) is 0 Å². The third-order valence-electron chi connectivity index (χ3n) is 2.76. The van der Waals surface area contributed by atoms with Gasteiger partial charge in [0.2, 0.25) is 0 Å². The van der Waals surface area contributed by atoms with Crippen molar-refractivity contribution in [3.05, 3.63) is 33.9 Å². The molecular weight excluding hydrogens is 282 g/mol. The highest BCUT2D eigenvalue weighted by Gasteiger charge is 2.34. The standard InChI is InChI=1S/C12H15N3O4S/c1-9(2)14(8-7-13)20(18,19)12-10(3)5-4-6-11(12)15(16)17/h4-6,9H,8H2,1-3H3. The molecule has 0 bridgehead atoms. The van der Waals surface area contributed by atoms with E-state index in [-0.39, 0.29) is 17.0 Å². The Morgan fingerprint density at radius 3 is 2.50 bits per heavy atom. The summed E-state index contributed by atoms with van der Waals surface area (Å²) in [4.78, 5) is 9.94. The summed E-state index contributed by atoms with van der Waals surface area (Å²) in [7, 11) is -4.10. The quantitative estimate of drug-likeness (QED) is 0.468. The molecule has 7 nitrogen and oxygen atoms in total. The van der Waals surface area contributed by atoms with Gasteiger partial charge in [-0.15, -0.1) is 0 Å². The summed E-state index contributed by atoms with van der Waals surface area (Å²) in [5.41, 5.74) is -0.198. The molecule has 0 aliphatic carbocycles. The normalized spacial score (nSPS) is 11.6. The molecule has 0 atom stereocenters. The highest BCUT2D eigenvalue weighted by molar-refractivity contribution is 7.89. The lowest BCUT2D eigenvalue weighted by Crippen LogP contribution is -2.37. The smallest absolute Gasteiger partial charge is 0.258 e. The van der Waals surface area contributed by atoms with Crippen LogP contribution in [0.1, 0.15) is 19.4 Å². The minimum atomic E-state index is -4.10. The number of nitrogens with zero attached hydrogens (tertiary/aromatic N) is 3. The lowest BCUT2D eigenvalue weighted by Gasteiger charge is -2.23. The summed E-state index contributed by atoms with van der Waals surface area (Å²) in [5, 5.41) is 19.8. The Hall–Kier alpha value is -1.98. The van der Waals surface area contributed by atoms with Gasteiger partial charge in [-0.25, -0.2) is 8.42 Å². The predicted molar refractivity (Wildman–Crippen MR) is 72.5 cm³/mol. The molecule has 0 radical (unpaired) electrons. The molecule has 0 aliphatic heterocycles. The Labute approximate surface area is 117 Å². The Balaban J connectivity index is 3.58.